The van der Waals surface area contributed by atoms with Crippen molar-refractivity contribution >= 4 is 12.4 Å². The number of nitrogens with one attached hydrogen (secondary N) is 1. The minimum Gasteiger partial charge on any atom is -0.304 e. The lowest BCUT2D eigenvalue weighted by Crippen LogP contribution is -2.22. The Morgan fingerprint density at radius 3 is 1.33 bits per heavy atom. The highest BCUT2D eigenvalue weighted by molar-refractivity contribution is 5.85. The van der Waals surface area contributed by atoms with Crippen LogP contribution in [0.5, 0.6) is 0 Å². The monoisotopic (exact) mass is 261 g/mol. The Bertz CT molecular complexity index is 398. The van der Waals surface area contributed by atoms with Crippen LogP contribution in [0, 0.1) is 0 Å². The van der Waals surface area contributed by atoms with Crippen LogP contribution in [0.1, 0.15) is 37.1 Å². The highest BCUT2D eigenvalue weighted by Crippen LogP contribution is 2.18. The van der Waals surface area contributed by atoms with E-state index in [4.69, 9.17) is 0 Å². The van der Waals surface area contributed by atoms with Crippen LogP contribution in [0.4, 0.5) is 0 Å². The van der Waals surface area contributed by atoms with Gasteiger partial charge in [-0.2, -0.15) is 0 Å². The van der Waals surface area contributed by atoms with Crippen LogP contribution in [0.25, 0.3) is 0 Å². The van der Waals surface area contributed by atoms with E-state index in [0.29, 0.717) is 12.1 Å². The van der Waals surface area contributed by atoms with Gasteiger partial charge in [0.15, 0.2) is 0 Å². The fraction of sp³-hybridized carbons (Fsp3) is 0.250. The highest BCUT2D eigenvalue weighted by Gasteiger charge is 2.09. The molecular weight excluding hydrogens is 242 g/mol. The fourth-order valence-electron chi connectivity index (χ4n) is 2.05. The minimum atomic E-state index is 0. The van der Waals surface area contributed by atoms with Gasteiger partial charge in [-0.1, -0.05) is 60.7 Å². The van der Waals surface area contributed by atoms with Gasteiger partial charge in [-0.3, -0.25) is 0 Å². The zero-order valence-corrected chi connectivity index (χ0v) is 11.7. The van der Waals surface area contributed by atoms with E-state index in [2.05, 4.69) is 79.8 Å². The van der Waals surface area contributed by atoms with Gasteiger partial charge in [0.2, 0.25) is 0 Å². The second kappa shape index (κ2) is 7.20. The van der Waals surface area contributed by atoms with Crippen LogP contribution < -0.4 is 5.32 Å². The van der Waals surface area contributed by atoms with Gasteiger partial charge in [-0.25, -0.2) is 0 Å². The van der Waals surface area contributed by atoms with E-state index in [1.54, 1.807) is 0 Å². The molecule has 2 heteroatoms. The minimum absolute atomic E-state index is 0. The molecule has 2 aromatic rings. The molecule has 0 saturated heterocycles. The van der Waals surface area contributed by atoms with Crippen LogP contribution in [0.2, 0.25) is 0 Å². The molecule has 0 amide bonds. The first-order chi connectivity index (χ1) is 8.27. The van der Waals surface area contributed by atoms with Crippen LogP contribution in [0.3, 0.4) is 0 Å². The van der Waals surface area contributed by atoms with E-state index in [-0.39, 0.29) is 12.4 Å². The number of halogens is 1. The Morgan fingerprint density at radius 1 is 0.667 bits per heavy atom. The number of benzene rings is 2. The molecule has 1 nitrogen and oxygen atoms in total. The van der Waals surface area contributed by atoms with Crippen molar-refractivity contribution < 1.29 is 0 Å². The molecule has 0 aliphatic heterocycles. The first kappa shape index (κ1) is 14.7. The molecular formula is C16H20ClN. The Morgan fingerprint density at radius 2 is 1.00 bits per heavy atom. The third-order valence-electron chi connectivity index (χ3n) is 3.10. The summed E-state index contributed by atoms with van der Waals surface area (Å²) in [6.45, 7) is 4.41. The molecule has 2 aromatic carbocycles. The Labute approximate surface area is 116 Å². The standard InChI is InChI=1S/C16H19N.ClH/c1-13(15-9-5-3-6-10-15)17-14(2)16-11-7-4-8-12-16;/h3-14,17H,1-2H3;1H/t13-,14-;/m0./s1. The molecule has 1 N–H and O–H groups in total. The van der Waals surface area contributed by atoms with E-state index in [1.165, 1.54) is 11.1 Å². The molecule has 0 aromatic heterocycles. The summed E-state index contributed by atoms with van der Waals surface area (Å²) in [5.41, 5.74) is 2.66. The first-order valence-electron chi connectivity index (χ1n) is 6.13. The molecule has 0 bridgehead atoms. The zero-order chi connectivity index (χ0) is 12.1. The smallest absolute Gasteiger partial charge is 0.0297 e. The van der Waals surface area contributed by atoms with Gasteiger partial charge in [0.25, 0.3) is 0 Å². The second-order valence-corrected chi connectivity index (χ2v) is 4.43. The highest BCUT2D eigenvalue weighted by atomic mass is 35.5. The van der Waals surface area contributed by atoms with Gasteiger partial charge in [-0.05, 0) is 25.0 Å². The Kier molecular flexibility index (Phi) is 5.90. The predicted octanol–water partition coefficient (Wildman–Crippen LogP) is 4.52. The number of hydrogen-bond acceptors (Lipinski definition) is 1. The van der Waals surface area contributed by atoms with Gasteiger partial charge in [0, 0.05) is 12.1 Å². The van der Waals surface area contributed by atoms with Crippen LogP contribution in [-0.2, 0) is 0 Å². The molecule has 96 valence electrons. The van der Waals surface area contributed by atoms with E-state index >= 15 is 0 Å². The quantitative estimate of drug-likeness (QED) is 0.853. The van der Waals surface area contributed by atoms with Crippen LogP contribution >= 0.6 is 12.4 Å². The van der Waals surface area contributed by atoms with E-state index in [0.717, 1.165) is 0 Å². The predicted molar refractivity (Wildman–Crippen MR) is 80.1 cm³/mol. The zero-order valence-electron chi connectivity index (χ0n) is 10.8. The average Bonchev–Trinajstić information content (AvgIpc) is 2.40. The third kappa shape index (κ3) is 3.86. The number of rotatable bonds is 4. The molecule has 2 atom stereocenters. The molecule has 0 saturated carbocycles. The van der Waals surface area contributed by atoms with Gasteiger partial charge in [0.1, 0.15) is 0 Å². The summed E-state index contributed by atoms with van der Waals surface area (Å²) in [5.74, 6) is 0. The fourth-order valence-corrected chi connectivity index (χ4v) is 2.05. The van der Waals surface area contributed by atoms with Crippen molar-refractivity contribution in [2.75, 3.05) is 0 Å². The van der Waals surface area contributed by atoms with Crippen molar-refractivity contribution in [2.45, 2.75) is 25.9 Å². The van der Waals surface area contributed by atoms with Crippen molar-refractivity contribution in [1.82, 2.24) is 5.32 Å². The second-order valence-electron chi connectivity index (χ2n) is 4.43. The summed E-state index contributed by atoms with van der Waals surface area (Å²) < 4.78 is 0. The number of hydrogen-bond donors (Lipinski definition) is 1. The lowest BCUT2D eigenvalue weighted by molar-refractivity contribution is 0.495. The normalized spacial score (nSPS) is 13.4. The summed E-state index contributed by atoms with van der Waals surface area (Å²) in [7, 11) is 0. The lowest BCUT2D eigenvalue weighted by Gasteiger charge is -2.20. The summed E-state index contributed by atoms with van der Waals surface area (Å²) in [5, 5.41) is 3.61. The molecule has 0 aliphatic rings. The lowest BCUT2D eigenvalue weighted by atomic mass is 10.0. The largest absolute Gasteiger partial charge is 0.304 e. The Balaban J connectivity index is 0.00000162. The molecule has 0 spiro atoms. The molecule has 0 aliphatic carbocycles. The summed E-state index contributed by atoms with van der Waals surface area (Å²) >= 11 is 0. The first-order valence-corrected chi connectivity index (χ1v) is 6.13. The van der Waals surface area contributed by atoms with Gasteiger partial charge in [0.05, 0.1) is 0 Å². The molecule has 0 radical (unpaired) electrons. The van der Waals surface area contributed by atoms with Crippen LogP contribution in [-0.4, -0.2) is 0 Å². The summed E-state index contributed by atoms with van der Waals surface area (Å²) in [6, 6.07) is 21.8. The van der Waals surface area contributed by atoms with Crippen molar-refractivity contribution in [3.8, 4) is 0 Å². The summed E-state index contributed by atoms with van der Waals surface area (Å²) in [6.07, 6.45) is 0. The van der Waals surface area contributed by atoms with Crippen molar-refractivity contribution in [3.05, 3.63) is 71.8 Å². The van der Waals surface area contributed by atoms with Crippen molar-refractivity contribution in [1.29, 1.82) is 0 Å². The van der Waals surface area contributed by atoms with E-state index < -0.39 is 0 Å². The molecule has 18 heavy (non-hydrogen) atoms. The van der Waals surface area contributed by atoms with Crippen molar-refractivity contribution in [2.24, 2.45) is 0 Å². The topological polar surface area (TPSA) is 12.0 Å². The SMILES string of the molecule is C[C@H](N[C@@H](C)c1ccccc1)c1ccccc1.Cl. The van der Waals surface area contributed by atoms with Gasteiger partial charge < -0.3 is 5.32 Å². The van der Waals surface area contributed by atoms with E-state index in [1.807, 2.05) is 0 Å². The van der Waals surface area contributed by atoms with Gasteiger partial charge >= 0.3 is 0 Å². The van der Waals surface area contributed by atoms with Crippen LogP contribution in [0.15, 0.2) is 60.7 Å². The Hall–Kier alpha value is -1.31. The summed E-state index contributed by atoms with van der Waals surface area (Å²) in [4.78, 5) is 0. The molecule has 0 unspecified atom stereocenters. The maximum Gasteiger partial charge on any atom is 0.0297 e. The third-order valence-corrected chi connectivity index (χ3v) is 3.10. The molecule has 2 rings (SSSR count). The van der Waals surface area contributed by atoms with Crippen molar-refractivity contribution in [3.63, 3.8) is 0 Å². The van der Waals surface area contributed by atoms with E-state index in [9.17, 15) is 0 Å². The average molecular weight is 262 g/mol. The maximum atomic E-state index is 3.61. The maximum absolute atomic E-state index is 3.61. The molecule has 0 fully saturated rings. The molecule has 0 heterocycles. The van der Waals surface area contributed by atoms with Gasteiger partial charge in [-0.15, -0.1) is 12.4 Å².